The molecule has 0 radical (unpaired) electrons. The summed E-state index contributed by atoms with van der Waals surface area (Å²) in [7, 11) is -1.32. The molecule has 5 rings (SSSR count). The summed E-state index contributed by atoms with van der Waals surface area (Å²) in [5, 5.41) is 0.975. The molecule has 0 amide bonds. The van der Waals surface area contributed by atoms with E-state index in [1.807, 2.05) is 37.1 Å². The highest BCUT2D eigenvalue weighted by Gasteiger charge is 2.21. The molecule has 1 aliphatic rings. The maximum atomic E-state index is 12.2. The van der Waals surface area contributed by atoms with Crippen molar-refractivity contribution in [2.75, 3.05) is 19.5 Å². The Morgan fingerprint density at radius 2 is 1.90 bits per heavy atom. The number of nitrogens with zero attached hydrogens (tertiary/aromatic N) is 4. The first-order valence-corrected chi connectivity index (χ1v) is 12.4. The van der Waals surface area contributed by atoms with Crippen LogP contribution in [-0.2, 0) is 28.2 Å². The number of sulfone groups is 1. The van der Waals surface area contributed by atoms with Crippen molar-refractivity contribution in [1.82, 2.24) is 19.1 Å². The first kappa shape index (κ1) is 20.2. The Morgan fingerprint density at radius 3 is 2.58 bits per heavy atom. The van der Waals surface area contributed by atoms with E-state index in [-0.39, 0.29) is 0 Å². The number of fused-ring (bicyclic) bond motifs is 3. The zero-order chi connectivity index (χ0) is 21.8. The molecule has 4 heterocycles. The molecule has 162 valence electrons. The van der Waals surface area contributed by atoms with Gasteiger partial charge in [-0.1, -0.05) is 0 Å². The number of imidazole rings is 1. The minimum absolute atomic E-state index is 0.332. The Labute approximate surface area is 181 Å². The van der Waals surface area contributed by atoms with Crippen molar-refractivity contribution in [1.29, 1.82) is 0 Å². The van der Waals surface area contributed by atoms with Crippen LogP contribution in [0.25, 0.3) is 33.2 Å². The van der Waals surface area contributed by atoms with E-state index in [9.17, 15) is 8.42 Å². The third-order valence-corrected chi connectivity index (χ3v) is 7.39. The molecular weight excluding hydrogens is 412 g/mol. The van der Waals surface area contributed by atoms with Crippen molar-refractivity contribution < 1.29 is 13.2 Å². The maximum absolute atomic E-state index is 12.2. The molecule has 1 saturated heterocycles. The molecule has 0 aliphatic carbocycles. The van der Waals surface area contributed by atoms with E-state index in [0.717, 1.165) is 71.5 Å². The van der Waals surface area contributed by atoms with Crippen LogP contribution in [0.4, 0.5) is 0 Å². The van der Waals surface area contributed by atoms with Gasteiger partial charge in [0.05, 0.1) is 39.2 Å². The second-order valence-corrected chi connectivity index (χ2v) is 10.5. The van der Waals surface area contributed by atoms with Gasteiger partial charge < -0.3 is 13.9 Å². The smallest absolute Gasteiger partial charge is 0.175 e. The summed E-state index contributed by atoms with van der Waals surface area (Å²) < 4.78 is 34.2. The number of aromatic nitrogens is 4. The fourth-order valence-corrected chi connectivity index (χ4v) is 5.28. The van der Waals surface area contributed by atoms with Crippen molar-refractivity contribution in [3.63, 3.8) is 0 Å². The summed E-state index contributed by atoms with van der Waals surface area (Å²) in [6, 6.07) is 7.51. The third kappa shape index (κ3) is 3.53. The lowest BCUT2D eigenvalue weighted by molar-refractivity contribution is 0.0619. The van der Waals surface area contributed by atoms with E-state index >= 15 is 0 Å². The Kier molecular flexibility index (Phi) is 4.86. The highest BCUT2D eigenvalue weighted by molar-refractivity contribution is 7.90. The zero-order valence-electron chi connectivity index (χ0n) is 18.0. The molecule has 3 aromatic heterocycles. The molecule has 0 spiro atoms. The lowest BCUT2D eigenvalue weighted by atomic mass is 10.0. The number of ether oxygens (including phenoxy) is 1. The number of pyridine rings is 1. The van der Waals surface area contributed by atoms with Crippen LogP contribution >= 0.6 is 0 Å². The highest BCUT2D eigenvalue weighted by Crippen LogP contribution is 2.34. The standard InChI is InChI=1S/C23H26N4O3S/c1-15-23(26(2)14-25-15)17-10-21-22(24-12-17)19-5-4-18(31(3,28)29)11-20(19)27(21)13-16-6-8-30-9-7-16/h4-5,10-12,14,16H,6-9,13H2,1-3H3. The number of hydrogen-bond donors (Lipinski definition) is 0. The second kappa shape index (κ2) is 7.46. The largest absolute Gasteiger partial charge is 0.381 e. The average Bonchev–Trinajstić information content (AvgIpc) is 3.24. The van der Waals surface area contributed by atoms with Crippen LogP contribution in [0.2, 0.25) is 0 Å². The van der Waals surface area contributed by atoms with Crippen LogP contribution in [0.3, 0.4) is 0 Å². The molecule has 8 heteroatoms. The average molecular weight is 439 g/mol. The number of hydrogen-bond acceptors (Lipinski definition) is 5. The van der Waals surface area contributed by atoms with E-state index in [1.165, 1.54) is 6.26 Å². The van der Waals surface area contributed by atoms with Crippen LogP contribution in [0, 0.1) is 12.8 Å². The van der Waals surface area contributed by atoms with Crippen LogP contribution in [0.1, 0.15) is 18.5 Å². The van der Waals surface area contributed by atoms with Gasteiger partial charge in [0.25, 0.3) is 0 Å². The molecule has 1 aliphatic heterocycles. The summed E-state index contributed by atoms with van der Waals surface area (Å²) in [5.74, 6) is 0.483. The van der Waals surface area contributed by atoms with Gasteiger partial charge in [-0.2, -0.15) is 0 Å². The van der Waals surface area contributed by atoms with Crippen LogP contribution < -0.4 is 0 Å². The van der Waals surface area contributed by atoms with Crippen molar-refractivity contribution in [2.45, 2.75) is 31.2 Å². The highest BCUT2D eigenvalue weighted by atomic mass is 32.2. The minimum atomic E-state index is -3.30. The summed E-state index contributed by atoms with van der Waals surface area (Å²) in [6.07, 6.45) is 6.95. The fourth-order valence-electron chi connectivity index (χ4n) is 4.64. The number of benzene rings is 1. The SMILES string of the molecule is Cc1ncn(C)c1-c1cnc2c3ccc(S(C)(=O)=O)cc3n(CC3CCOCC3)c2c1. The maximum Gasteiger partial charge on any atom is 0.175 e. The van der Waals surface area contributed by atoms with E-state index in [2.05, 4.69) is 15.6 Å². The van der Waals surface area contributed by atoms with Crippen LogP contribution in [0.5, 0.6) is 0 Å². The second-order valence-electron chi connectivity index (χ2n) is 8.50. The predicted molar refractivity (Wildman–Crippen MR) is 121 cm³/mol. The molecule has 7 nitrogen and oxygen atoms in total. The molecule has 31 heavy (non-hydrogen) atoms. The molecule has 1 aromatic carbocycles. The number of rotatable bonds is 4. The monoisotopic (exact) mass is 438 g/mol. The normalized spacial score (nSPS) is 15.8. The van der Waals surface area contributed by atoms with Gasteiger partial charge in [0.15, 0.2) is 9.84 Å². The van der Waals surface area contributed by atoms with Gasteiger partial charge in [-0.05, 0) is 49.9 Å². The van der Waals surface area contributed by atoms with Gasteiger partial charge >= 0.3 is 0 Å². The Morgan fingerprint density at radius 1 is 1.13 bits per heavy atom. The number of aryl methyl sites for hydroxylation is 2. The molecule has 0 bridgehead atoms. The lowest BCUT2D eigenvalue weighted by Crippen LogP contribution is -2.20. The fraction of sp³-hybridized carbons (Fsp3) is 0.391. The molecule has 4 aromatic rings. The molecular formula is C23H26N4O3S. The molecule has 0 saturated carbocycles. The van der Waals surface area contributed by atoms with Crippen molar-refractivity contribution in [2.24, 2.45) is 13.0 Å². The van der Waals surface area contributed by atoms with E-state index in [0.29, 0.717) is 10.8 Å². The van der Waals surface area contributed by atoms with E-state index < -0.39 is 9.84 Å². The zero-order valence-corrected chi connectivity index (χ0v) is 18.8. The predicted octanol–water partition coefficient (Wildman–Crippen LogP) is 3.73. The van der Waals surface area contributed by atoms with Gasteiger partial charge in [0, 0.05) is 50.2 Å². The van der Waals surface area contributed by atoms with Crippen molar-refractivity contribution >= 4 is 31.8 Å². The van der Waals surface area contributed by atoms with Gasteiger partial charge in [-0.15, -0.1) is 0 Å². The summed E-state index contributed by atoms with van der Waals surface area (Å²) in [4.78, 5) is 9.57. The van der Waals surface area contributed by atoms with Gasteiger partial charge in [-0.3, -0.25) is 4.98 Å². The van der Waals surface area contributed by atoms with Gasteiger partial charge in [0.1, 0.15) is 0 Å². The van der Waals surface area contributed by atoms with Crippen molar-refractivity contribution in [3.8, 4) is 11.3 Å². The molecule has 0 unspecified atom stereocenters. The lowest BCUT2D eigenvalue weighted by Gasteiger charge is -2.23. The van der Waals surface area contributed by atoms with Crippen LogP contribution in [0.15, 0.2) is 41.7 Å². The minimum Gasteiger partial charge on any atom is -0.381 e. The van der Waals surface area contributed by atoms with Crippen LogP contribution in [-0.4, -0.2) is 47.0 Å². The first-order chi connectivity index (χ1) is 14.8. The Hall–Kier alpha value is -2.71. The quantitative estimate of drug-likeness (QED) is 0.485. The summed E-state index contributed by atoms with van der Waals surface area (Å²) >= 11 is 0. The van der Waals surface area contributed by atoms with Gasteiger partial charge in [0.2, 0.25) is 0 Å². The Bertz CT molecular complexity index is 1380. The van der Waals surface area contributed by atoms with E-state index in [4.69, 9.17) is 9.72 Å². The van der Waals surface area contributed by atoms with Crippen molar-refractivity contribution in [3.05, 3.63) is 42.5 Å². The summed E-state index contributed by atoms with van der Waals surface area (Å²) in [6.45, 7) is 4.35. The summed E-state index contributed by atoms with van der Waals surface area (Å²) in [5.41, 5.74) is 5.82. The molecule has 0 N–H and O–H groups in total. The Balaban J connectivity index is 1.76. The first-order valence-electron chi connectivity index (χ1n) is 10.5. The third-order valence-electron chi connectivity index (χ3n) is 6.28. The molecule has 1 fully saturated rings. The van der Waals surface area contributed by atoms with Gasteiger partial charge in [-0.25, -0.2) is 13.4 Å². The molecule has 0 atom stereocenters. The topological polar surface area (TPSA) is 79.0 Å². The van der Waals surface area contributed by atoms with E-state index in [1.54, 1.807) is 12.1 Å².